The van der Waals surface area contributed by atoms with Crippen LogP contribution in [0.4, 0.5) is 10.5 Å². The van der Waals surface area contributed by atoms with E-state index in [1.165, 1.54) is 0 Å². The smallest absolute Gasteiger partial charge is 0.325 e. The second kappa shape index (κ2) is 6.72. The van der Waals surface area contributed by atoms with Crippen LogP contribution >= 0.6 is 0 Å². The van der Waals surface area contributed by atoms with Crippen molar-refractivity contribution >= 4 is 23.5 Å². The van der Waals surface area contributed by atoms with E-state index in [0.29, 0.717) is 26.2 Å². The van der Waals surface area contributed by atoms with Gasteiger partial charge in [-0.2, -0.15) is 0 Å². The van der Waals surface area contributed by atoms with E-state index in [-0.39, 0.29) is 17.7 Å². The first-order valence-electron chi connectivity index (χ1n) is 9.15. The molecule has 7 nitrogen and oxygen atoms in total. The third kappa shape index (κ3) is 2.86. The quantitative estimate of drug-likeness (QED) is 0.831. The summed E-state index contributed by atoms with van der Waals surface area (Å²) in [4.78, 5) is 41.0. The lowest BCUT2D eigenvalue weighted by Crippen LogP contribution is -2.46. The van der Waals surface area contributed by atoms with Crippen LogP contribution < -0.4 is 10.2 Å². The van der Waals surface area contributed by atoms with Crippen molar-refractivity contribution in [3.63, 3.8) is 0 Å². The highest BCUT2D eigenvalue weighted by molar-refractivity contribution is 6.10. The zero-order valence-corrected chi connectivity index (χ0v) is 14.8. The number of amides is 4. The Labute approximate surface area is 152 Å². The first-order valence-corrected chi connectivity index (χ1v) is 9.15. The van der Waals surface area contributed by atoms with Crippen molar-refractivity contribution in [1.82, 2.24) is 10.2 Å². The minimum atomic E-state index is -0.724. The van der Waals surface area contributed by atoms with Gasteiger partial charge in [-0.1, -0.05) is 17.7 Å². The van der Waals surface area contributed by atoms with E-state index in [1.54, 1.807) is 4.90 Å². The number of anilines is 1. The lowest BCUT2D eigenvalue weighted by Gasteiger charge is -2.26. The molecule has 0 saturated carbocycles. The average Bonchev–Trinajstić information content (AvgIpc) is 3.16. The molecule has 7 heteroatoms. The fourth-order valence-electron chi connectivity index (χ4n) is 4.04. The summed E-state index contributed by atoms with van der Waals surface area (Å²) in [7, 11) is 0. The topological polar surface area (TPSA) is 79.0 Å². The molecule has 0 aliphatic carbocycles. The summed E-state index contributed by atoms with van der Waals surface area (Å²) in [6.07, 6.45) is 2.19. The molecule has 1 aromatic rings. The van der Waals surface area contributed by atoms with E-state index >= 15 is 0 Å². The van der Waals surface area contributed by atoms with Gasteiger partial charge in [-0.05, 0) is 38.3 Å². The van der Waals surface area contributed by atoms with E-state index in [4.69, 9.17) is 4.74 Å². The van der Waals surface area contributed by atoms with E-state index in [9.17, 15) is 14.4 Å². The van der Waals surface area contributed by atoms with Gasteiger partial charge in [0.15, 0.2) is 0 Å². The summed E-state index contributed by atoms with van der Waals surface area (Å²) in [6.45, 7) is 3.65. The van der Waals surface area contributed by atoms with Gasteiger partial charge in [-0.15, -0.1) is 0 Å². The van der Waals surface area contributed by atoms with Crippen LogP contribution in [0, 0.1) is 12.8 Å². The molecule has 0 radical (unpaired) electrons. The summed E-state index contributed by atoms with van der Waals surface area (Å²) in [5.41, 5.74) is 1.91. The van der Waals surface area contributed by atoms with E-state index in [1.807, 2.05) is 31.2 Å². The monoisotopic (exact) mass is 357 g/mol. The molecule has 1 N–H and O–H groups in total. The Morgan fingerprint density at radius 2 is 1.85 bits per heavy atom. The normalized spacial score (nSPS) is 29.4. The van der Waals surface area contributed by atoms with E-state index < -0.39 is 18.1 Å². The number of hydrogen-bond acceptors (Lipinski definition) is 4. The summed E-state index contributed by atoms with van der Waals surface area (Å²) in [5.74, 6) is -0.512. The molecule has 0 bridgehead atoms. The Kier molecular flexibility index (Phi) is 4.40. The Morgan fingerprint density at radius 1 is 1.08 bits per heavy atom. The summed E-state index contributed by atoms with van der Waals surface area (Å²) >= 11 is 0. The van der Waals surface area contributed by atoms with Crippen LogP contribution in [0.1, 0.15) is 24.8 Å². The molecule has 4 amide bonds. The Bertz CT molecular complexity index is 727. The van der Waals surface area contributed by atoms with Crippen LogP contribution in [0.15, 0.2) is 24.3 Å². The van der Waals surface area contributed by atoms with Crippen molar-refractivity contribution < 1.29 is 19.1 Å². The van der Waals surface area contributed by atoms with Gasteiger partial charge in [-0.25, -0.2) is 9.69 Å². The number of imide groups is 1. The second-order valence-corrected chi connectivity index (χ2v) is 7.24. The summed E-state index contributed by atoms with van der Waals surface area (Å²) in [6, 6.07) is 5.91. The molecule has 1 aromatic carbocycles. The van der Waals surface area contributed by atoms with Crippen LogP contribution in [0.2, 0.25) is 0 Å². The molecule has 3 aliphatic rings. The number of carbonyl (C=O) groups excluding carboxylic acids is 3. The highest BCUT2D eigenvalue weighted by atomic mass is 16.5. The van der Waals surface area contributed by atoms with Gasteiger partial charge in [-0.3, -0.25) is 9.59 Å². The maximum Gasteiger partial charge on any atom is 0.325 e. The molecule has 3 unspecified atom stereocenters. The number of benzene rings is 1. The molecule has 3 heterocycles. The second-order valence-electron chi connectivity index (χ2n) is 7.24. The molecule has 138 valence electrons. The van der Waals surface area contributed by atoms with Gasteiger partial charge in [0.1, 0.15) is 12.1 Å². The third-order valence-electron chi connectivity index (χ3n) is 5.50. The number of urea groups is 1. The standard InChI is InChI=1S/C19H23N3O4/c1-12-4-6-14(7-5-12)21-9-8-15(17(21)23)22-18(24)16(20-19(22)25)13-3-2-10-26-11-13/h4-7,13,15-16H,2-3,8-11H2,1H3,(H,20,25). The van der Waals surface area contributed by atoms with Crippen molar-refractivity contribution in [2.75, 3.05) is 24.7 Å². The van der Waals surface area contributed by atoms with E-state index in [2.05, 4.69) is 5.32 Å². The first kappa shape index (κ1) is 17.0. The van der Waals surface area contributed by atoms with Gasteiger partial charge in [0.05, 0.1) is 6.61 Å². The van der Waals surface area contributed by atoms with Crippen LogP contribution in [0.3, 0.4) is 0 Å². The lowest BCUT2D eigenvalue weighted by molar-refractivity contribution is -0.135. The zero-order chi connectivity index (χ0) is 18.3. The molecule has 3 aliphatic heterocycles. The van der Waals surface area contributed by atoms with Gasteiger partial charge >= 0.3 is 6.03 Å². The van der Waals surface area contributed by atoms with Crippen molar-refractivity contribution in [2.24, 2.45) is 5.92 Å². The Hall–Kier alpha value is -2.41. The molecule has 26 heavy (non-hydrogen) atoms. The number of carbonyl (C=O) groups is 3. The van der Waals surface area contributed by atoms with Gasteiger partial charge in [0.25, 0.3) is 5.91 Å². The van der Waals surface area contributed by atoms with Crippen LogP contribution in [-0.2, 0) is 14.3 Å². The Balaban J connectivity index is 1.50. The van der Waals surface area contributed by atoms with E-state index in [0.717, 1.165) is 29.0 Å². The maximum absolute atomic E-state index is 12.9. The highest BCUT2D eigenvalue weighted by Gasteiger charge is 2.50. The van der Waals surface area contributed by atoms with Crippen molar-refractivity contribution in [2.45, 2.75) is 38.3 Å². The molecule has 0 aromatic heterocycles. The summed E-state index contributed by atoms with van der Waals surface area (Å²) < 4.78 is 5.45. The van der Waals surface area contributed by atoms with Crippen LogP contribution in [0.5, 0.6) is 0 Å². The van der Waals surface area contributed by atoms with Crippen molar-refractivity contribution in [3.05, 3.63) is 29.8 Å². The van der Waals surface area contributed by atoms with Crippen LogP contribution in [0.25, 0.3) is 0 Å². The Morgan fingerprint density at radius 3 is 2.54 bits per heavy atom. The lowest BCUT2D eigenvalue weighted by atomic mass is 9.93. The van der Waals surface area contributed by atoms with Gasteiger partial charge < -0.3 is 15.0 Å². The molecule has 4 rings (SSSR count). The predicted octanol–water partition coefficient (Wildman–Crippen LogP) is 1.45. The molecule has 0 spiro atoms. The summed E-state index contributed by atoms with van der Waals surface area (Å²) in [5, 5.41) is 2.77. The molecular weight excluding hydrogens is 334 g/mol. The predicted molar refractivity (Wildman–Crippen MR) is 94.6 cm³/mol. The van der Waals surface area contributed by atoms with Gasteiger partial charge in [0.2, 0.25) is 5.91 Å². The highest BCUT2D eigenvalue weighted by Crippen LogP contribution is 2.29. The fraction of sp³-hybridized carbons (Fsp3) is 0.526. The SMILES string of the molecule is Cc1ccc(N2CCC(N3C(=O)NC(C4CCCOC4)C3=O)C2=O)cc1. The molecule has 3 atom stereocenters. The minimum Gasteiger partial charge on any atom is -0.381 e. The largest absolute Gasteiger partial charge is 0.381 e. The zero-order valence-electron chi connectivity index (χ0n) is 14.8. The number of ether oxygens (including phenoxy) is 1. The number of nitrogens with zero attached hydrogens (tertiary/aromatic N) is 2. The first-order chi connectivity index (χ1) is 12.6. The van der Waals surface area contributed by atoms with Crippen LogP contribution in [-0.4, -0.2) is 54.6 Å². The van der Waals surface area contributed by atoms with Gasteiger partial charge in [0, 0.05) is 24.8 Å². The molecular formula is C19H23N3O4. The fourth-order valence-corrected chi connectivity index (χ4v) is 4.04. The molecule has 3 saturated heterocycles. The third-order valence-corrected chi connectivity index (χ3v) is 5.50. The number of hydrogen-bond donors (Lipinski definition) is 1. The molecule has 3 fully saturated rings. The van der Waals surface area contributed by atoms with Crippen molar-refractivity contribution in [1.29, 1.82) is 0 Å². The number of nitrogens with one attached hydrogen (secondary N) is 1. The average molecular weight is 357 g/mol. The number of rotatable bonds is 3. The maximum atomic E-state index is 12.9. The van der Waals surface area contributed by atoms with Crippen molar-refractivity contribution in [3.8, 4) is 0 Å². The minimum absolute atomic E-state index is 0.0186. The number of aryl methyl sites for hydroxylation is 1.